The zero-order valence-corrected chi connectivity index (χ0v) is 21.3. The molecule has 3 aromatic carbocycles. The van der Waals surface area contributed by atoms with Crippen LogP contribution in [0.25, 0.3) is 0 Å². The fourth-order valence-electron chi connectivity index (χ4n) is 4.27. The number of amides is 1. The smallest absolute Gasteiger partial charge is 0.307 e. The van der Waals surface area contributed by atoms with E-state index in [-0.39, 0.29) is 11.2 Å². The number of rotatable bonds is 5. The molecule has 3 aliphatic rings. The molecule has 8 heteroatoms. The molecule has 1 amide bonds. The van der Waals surface area contributed by atoms with Crippen molar-refractivity contribution in [3.8, 4) is 29.4 Å². The van der Waals surface area contributed by atoms with Gasteiger partial charge >= 0.3 is 5.97 Å². The van der Waals surface area contributed by atoms with Gasteiger partial charge in [0.2, 0.25) is 0 Å². The van der Waals surface area contributed by atoms with Gasteiger partial charge in [-0.1, -0.05) is 30.9 Å². The van der Waals surface area contributed by atoms with Gasteiger partial charge < -0.3 is 35.5 Å². The number of phenols is 1. The van der Waals surface area contributed by atoms with E-state index in [0.717, 1.165) is 5.56 Å². The fourth-order valence-corrected chi connectivity index (χ4v) is 4.27. The second-order valence-corrected chi connectivity index (χ2v) is 9.97. The van der Waals surface area contributed by atoms with Crippen LogP contribution < -0.4 is 11.1 Å². The number of benzene rings is 3. The molecule has 3 fully saturated rings. The van der Waals surface area contributed by atoms with Crippen molar-refractivity contribution in [3.63, 3.8) is 0 Å². The van der Waals surface area contributed by atoms with Crippen LogP contribution in [0.3, 0.4) is 0 Å². The Balaban J connectivity index is 1.32. The Morgan fingerprint density at radius 1 is 0.872 bits per heavy atom. The molecule has 6 rings (SSSR count). The molecular weight excluding hydrogens is 496 g/mol. The summed E-state index contributed by atoms with van der Waals surface area (Å²) in [5, 5.41) is 23.8. The minimum atomic E-state index is -1.65. The van der Waals surface area contributed by atoms with Crippen LogP contribution in [0.5, 0.6) is 5.75 Å². The van der Waals surface area contributed by atoms with E-state index in [0.29, 0.717) is 42.2 Å². The van der Waals surface area contributed by atoms with Crippen molar-refractivity contribution in [1.29, 1.82) is 0 Å². The minimum Gasteiger partial charge on any atom is -0.508 e. The molecular formula is C31H28N2O6. The third kappa shape index (κ3) is 5.91. The van der Waals surface area contributed by atoms with Gasteiger partial charge in [0.25, 0.3) is 5.91 Å². The monoisotopic (exact) mass is 524 g/mol. The van der Waals surface area contributed by atoms with Gasteiger partial charge in [-0.05, 0) is 78.1 Å². The number of ether oxygens (including phenoxy) is 3. The first-order valence-electron chi connectivity index (χ1n) is 12.4. The first-order chi connectivity index (χ1) is 18.8. The van der Waals surface area contributed by atoms with Gasteiger partial charge in [0.05, 0.1) is 19.8 Å². The maximum absolute atomic E-state index is 13.3. The molecule has 39 heavy (non-hydrogen) atoms. The van der Waals surface area contributed by atoms with Crippen LogP contribution in [-0.2, 0) is 14.2 Å². The van der Waals surface area contributed by atoms with Gasteiger partial charge in [0, 0.05) is 27.8 Å². The number of aromatic hydroxyl groups is 1. The Hall–Kier alpha value is -4.31. The number of anilines is 1. The largest absolute Gasteiger partial charge is 0.508 e. The first-order valence-corrected chi connectivity index (χ1v) is 12.4. The minimum absolute atomic E-state index is 0.0546. The van der Waals surface area contributed by atoms with Crippen molar-refractivity contribution in [1.82, 2.24) is 5.32 Å². The Morgan fingerprint density at radius 3 is 1.92 bits per heavy atom. The number of fused-ring (bicyclic) bond motifs is 3. The van der Waals surface area contributed by atoms with Gasteiger partial charge in [-0.2, -0.15) is 0 Å². The van der Waals surface area contributed by atoms with Crippen molar-refractivity contribution < 1.29 is 29.2 Å². The predicted molar refractivity (Wildman–Crippen MR) is 144 cm³/mol. The third-order valence-electron chi connectivity index (χ3n) is 6.62. The van der Waals surface area contributed by atoms with Gasteiger partial charge in [-0.3, -0.25) is 4.79 Å². The number of aliphatic hydroxyl groups excluding tert-OH is 1. The van der Waals surface area contributed by atoms with E-state index in [1.165, 1.54) is 12.1 Å². The number of aliphatic hydroxyl groups is 1. The number of hydrogen-bond acceptors (Lipinski definition) is 7. The van der Waals surface area contributed by atoms with Gasteiger partial charge in [-0.25, -0.2) is 0 Å². The summed E-state index contributed by atoms with van der Waals surface area (Å²) in [4.78, 5) is 13.3. The molecule has 2 atom stereocenters. The molecule has 3 aliphatic heterocycles. The first kappa shape index (κ1) is 26.3. The quantitative estimate of drug-likeness (QED) is 0.299. The van der Waals surface area contributed by atoms with E-state index in [2.05, 4.69) is 29.0 Å². The Morgan fingerprint density at radius 2 is 1.38 bits per heavy atom. The zero-order chi connectivity index (χ0) is 27.5. The van der Waals surface area contributed by atoms with Crippen LogP contribution in [0.4, 0.5) is 5.69 Å². The highest BCUT2D eigenvalue weighted by atomic mass is 16.9. The molecule has 198 valence electrons. The van der Waals surface area contributed by atoms with Crippen molar-refractivity contribution in [2.45, 2.75) is 25.0 Å². The van der Waals surface area contributed by atoms with Crippen molar-refractivity contribution in [2.24, 2.45) is 5.41 Å². The predicted octanol–water partition coefficient (Wildman–Crippen LogP) is 2.95. The lowest BCUT2D eigenvalue weighted by Crippen LogP contribution is -2.68. The number of nitrogen functional groups attached to an aromatic ring is 1. The van der Waals surface area contributed by atoms with Crippen molar-refractivity contribution >= 4 is 11.6 Å². The average molecular weight is 525 g/mol. The van der Waals surface area contributed by atoms with E-state index >= 15 is 0 Å². The molecule has 3 saturated heterocycles. The van der Waals surface area contributed by atoms with Gasteiger partial charge in [0.1, 0.15) is 17.9 Å². The maximum atomic E-state index is 13.3. The highest BCUT2D eigenvalue weighted by Gasteiger charge is 2.57. The Labute approximate surface area is 226 Å². The van der Waals surface area contributed by atoms with Gasteiger partial charge in [-0.15, -0.1) is 0 Å². The van der Waals surface area contributed by atoms with Crippen LogP contribution in [0, 0.1) is 29.1 Å². The molecule has 0 aromatic heterocycles. The lowest BCUT2D eigenvalue weighted by molar-refractivity contribution is -0.478. The maximum Gasteiger partial charge on any atom is 0.307 e. The molecule has 3 aromatic rings. The van der Waals surface area contributed by atoms with Crippen LogP contribution in [-0.4, -0.2) is 48.0 Å². The number of carbonyl (C=O) groups excluding carboxylic acids is 1. The second kappa shape index (κ2) is 10.8. The Bertz CT molecular complexity index is 1440. The van der Waals surface area contributed by atoms with E-state index in [1.807, 2.05) is 19.1 Å². The number of nitrogens with two attached hydrogens (primary N) is 1. The van der Waals surface area contributed by atoms with Crippen LogP contribution in [0.2, 0.25) is 0 Å². The highest BCUT2D eigenvalue weighted by molar-refractivity contribution is 5.94. The van der Waals surface area contributed by atoms with E-state index in [9.17, 15) is 15.0 Å². The fraction of sp³-hybridized carbons (Fsp3) is 0.258. The summed E-state index contributed by atoms with van der Waals surface area (Å²) in [6, 6.07) is 18.8. The molecule has 0 radical (unpaired) electrons. The standard InChI is InChI=1S/C31H28N2O6/c1-30-18-37-31(38-19-30,39-20-30)28(27(35)23-12-16-26(34)17-13-23)33-29(36)24-10-6-21(7-11-24)4-2-3-5-22-8-14-25(32)15-9-22/h6-17,27-28,34-35H,18-20,32H2,1H3,(H,33,36)/t27-,28-,30?,31?/m0/s1. The summed E-state index contributed by atoms with van der Waals surface area (Å²) in [6.45, 7) is 3.05. The summed E-state index contributed by atoms with van der Waals surface area (Å²) in [6.07, 6.45) is -1.25. The molecule has 8 nitrogen and oxygen atoms in total. The number of carbonyl (C=O) groups is 1. The number of nitrogens with one attached hydrogen (secondary N) is 1. The molecule has 0 spiro atoms. The summed E-state index contributed by atoms with van der Waals surface area (Å²) >= 11 is 0. The van der Waals surface area contributed by atoms with E-state index in [4.69, 9.17) is 19.9 Å². The molecule has 0 saturated carbocycles. The molecule has 3 heterocycles. The lowest BCUT2D eigenvalue weighted by atomic mass is 9.89. The highest BCUT2D eigenvalue weighted by Crippen LogP contribution is 2.42. The zero-order valence-electron chi connectivity index (χ0n) is 21.3. The van der Waals surface area contributed by atoms with Crippen molar-refractivity contribution in [3.05, 3.63) is 95.1 Å². The van der Waals surface area contributed by atoms with Crippen LogP contribution >= 0.6 is 0 Å². The van der Waals surface area contributed by atoms with Crippen LogP contribution in [0.15, 0.2) is 72.8 Å². The number of phenolic OH excluding ortho intramolecular Hbond substituents is 1. The lowest BCUT2D eigenvalue weighted by Gasteiger charge is -2.53. The number of hydrogen-bond donors (Lipinski definition) is 4. The molecule has 5 N–H and O–H groups in total. The molecule has 0 aliphatic carbocycles. The molecule has 2 bridgehead atoms. The summed E-state index contributed by atoms with van der Waals surface area (Å²) in [5.41, 5.74) is 8.35. The topological polar surface area (TPSA) is 123 Å². The molecule has 0 unspecified atom stereocenters. The van der Waals surface area contributed by atoms with Crippen LogP contribution in [0.1, 0.15) is 40.1 Å². The van der Waals surface area contributed by atoms with E-state index < -0.39 is 24.0 Å². The summed E-state index contributed by atoms with van der Waals surface area (Å²) in [7, 11) is 0. The van der Waals surface area contributed by atoms with Crippen molar-refractivity contribution in [2.75, 3.05) is 25.6 Å². The van der Waals surface area contributed by atoms with E-state index in [1.54, 1.807) is 48.5 Å². The average Bonchev–Trinajstić information content (AvgIpc) is 2.96. The third-order valence-corrected chi connectivity index (χ3v) is 6.62. The SMILES string of the molecule is CC12COC([C@@H](NC(=O)c3ccc(C#CC#Cc4ccc(N)cc4)cc3)[C@@H](O)c3ccc(O)cc3)(OC1)OC2. The summed E-state index contributed by atoms with van der Waals surface area (Å²) < 4.78 is 17.8. The van der Waals surface area contributed by atoms with Gasteiger partial charge in [0.15, 0.2) is 0 Å². The second-order valence-electron chi connectivity index (χ2n) is 9.97. The normalized spacial score (nSPS) is 22.9. The summed E-state index contributed by atoms with van der Waals surface area (Å²) in [5.74, 6) is 9.45. The Kier molecular flexibility index (Phi) is 7.30.